The summed E-state index contributed by atoms with van der Waals surface area (Å²) in [7, 11) is 0. The highest BCUT2D eigenvalue weighted by molar-refractivity contribution is 7.99. The second-order valence-electron chi connectivity index (χ2n) is 3.39. The van der Waals surface area contributed by atoms with Gasteiger partial charge in [0.25, 0.3) is 0 Å². The van der Waals surface area contributed by atoms with Gasteiger partial charge in [0, 0.05) is 4.90 Å². The van der Waals surface area contributed by atoms with Crippen LogP contribution in [0, 0.1) is 12.7 Å². The van der Waals surface area contributed by atoms with Crippen molar-refractivity contribution < 1.29 is 8.91 Å². The van der Waals surface area contributed by atoms with E-state index >= 15 is 0 Å². The van der Waals surface area contributed by atoms with Crippen molar-refractivity contribution in [3.05, 3.63) is 41.8 Å². The lowest BCUT2D eigenvalue weighted by Crippen LogP contribution is -1.88. The summed E-state index contributed by atoms with van der Waals surface area (Å²) in [6, 6.07) is 6.35. The number of benzene rings is 1. The number of aromatic nitrogens is 2. The fourth-order valence-corrected chi connectivity index (χ4v) is 2.14. The van der Waals surface area contributed by atoms with Crippen LogP contribution in [0.5, 0.6) is 0 Å². The second kappa shape index (κ2) is 4.65. The monoisotopic (exact) mass is 238 g/mol. The molecule has 1 atom stereocenters. The van der Waals surface area contributed by atoms with Crippen LogP contribution >= 0.6 is 11.8 Å². The summed E-state index contributed by atoms with van der Waals surface area (Å²) in [4.78, 5) is 5.13. The number of aryl methyl sites for hydroxylation is 1. The average Bonchev–Trinajstić information content (AvgIpc) is 2.68. The summed E-state index contributed by atoms with van der Waals surface area (Å²) in [6.07, 6.45) is 0. The molecule has 0 spiro atoms. The SMILES string of the molecule is Cc1noc([C@@H](C)Sc2ccc(F)cc2)n1. The molecule has 84 valence electrons. The molecule has 0 aliphatic rings. The van der Waals surface area contributed by atoms with E-state index in [4.69, 9.17) is 4.52 Å². The third kappa shape index (κ3) is 2.61. The van der Waals surface area contributed by atoms with Crippen molar-refractivity contribution in [1.82, 2.24) is 10.1 Å². The molecule has 2 rings (SSSR count). The molecule has 0 amide bonds. The molecule has 0 saturated carbocycles. The standard InChI is InChI=1S/C11H11FN2OS/c1-7(11-13-8(2)14-15-11)16-10-5-3-9(12)4-6-10/h3-7H,1-2H3/t7-/m1/s1. The molecule has 0 bridgehead atoms. The van der Waals surface area contributed by atoms with E-state index in [1.54, 1.807) is 30.8 Å². The quantitative estimate of drug-likeness (QED) is 0.768. The van der Waals surface area contributed by atoms with Gasteiger partial charge >= 0.3 is 0 Å². The van der Waals surface area contributed by atoms with E-state index in [1.165, 1.54) is 12.1 Å². The lowest BCUT2D eigenvalue weighted by Gasteiger charge is -2.05. The number of hydrogen-bond acceptors (Lipinski definition) is 4. The van der Waals surface area contributed by atoms with E-state index in [9.17, 15) is 4.39 Å². The van der Waals surface area contributed by atoms with Crippen LogP contribution < -0.4 is 0 Å². The lowest BCUT2D eigenvalue weighted by atomic mass is 10.3. The molecule has 2 aromatic rings. The topological polar surface area (TPSA) is 38.9 Å². The zero-order valence-corrected chi connectivity index (χ0v) is 9.79. The van der Waals surface area contributed by atoms with E-state index in [1.807, 2.05) is 6.92 Å². The first-order valence-corrected chi connectivity index (χ1v) is 5.75. The van der Waals surface area contributed by atoms with Gasteiger partial charge in [-0.2, -0.15) is 4.98 Å². The minimum atomic E-state index is -0.231. The zero-order valence-electron chi connectivity index (χ0n) is 8.98. The van der Waals surface area contributed by atoms with Crippen molar-refractivity contribution in [3.8, 4) is 0 Å². The average molecular weight is 238 g/mol. The molecule has 1 heterocycles. The van der Waals surface area contributed by atoms with Crippen molar-refractivity contribution >= 4 is 11.8 Å². The fourth-order valence-electron chi connectivity index (χ4n) is 1.25. The molecule has 0 saturated heterocycles. The van der Waals surface area contributed by atoms with Crippen molar-refractivity contribution in [3.63, 3.8) is 0 Å². The highest BCUT2D eigenvalue weighted by Gasteiger charge is 2.14. The number of rotatable bonds is 3. The molecule has 1 aromatic carbocycles. The third-order valence-corrected chi connectivity index (χ3v) is 3.12. The Labute approximate surface area is 97.1 Å². The van der Waals surface area contributed by atoms with E-state index < -0.39 is 0 Å². The van der Waals surface area contributed by atoms with Crippen LogP contribution in [0.2, 0.25) is 0 Å². The maximum absolute atomic E-state index is 12.7. The molecule has 0 unspecified atom stereocenters. The number of halogens is 1. The normalized spacial score (nSPS) is 12.7. The van der Waals surface area contributed by atoms with Gasteiger partial charge in [0.05, 0.1) is 5.25 Å². The molecule has 5 heteroatoms. The molecule has 0 aliphatic carbocycles. The maximum Gasteiger partial charge on any atom is 0.239 e. The van der Waals surface area contributed by atoms with Crippen LogP contribution in [0.4, 0.5) is 4.39 Å². The van der Waals surface area contributed by atoms with Gasteiger partial charge < -0.3 is 4.52 Å². The van der Waals surface area contributed by atoms with Crippen LogP contribution in [0.3, 0.4) is 0 Å². The summed E-state index contributed by atoms with van der Waals surface area (Å²) in [5, 5.41) is 3.80. The molecule has 16 heavy (non-hydrogen) atoms. The minimum absolute atomic E-state index is 0.0617. The van der Waals surface area contributed by atoms with Gasteiger partial charge in [-0.25, -0.2) is 4.39 Å². The van der Waals surface area contributed by atoms with Gasteiger partial charge in [-0.15, -0.1) is 11.8 Å². The molecular formula is C11H11FN2OS. The van der Waals surface area contributed by atoms with Crippen molar-refractivity contribution in [2.24, 2.45) is 0 Å². The third-order valence-electron chi connectivity index (χ3n) is 2.02. The zero-order chi connectivity index (χ0) is 11.5. The van der Waals surface area contributed by atoms with Crippen LogP contribution in [0.1, 0.15) is 23.9 Å². The largest absolute Gasteiger partial charge is 0.338 e. The van der Waals surface area contributed by atoms with Crippen LogP contribution in [-0.4, -0.2) is 10.1 Å². The predicted molar refractivity (Wildman–Crippen MR) is 59.7 cm³/mol. The van der Waals surface area contributed by atoms with Gasteiger partial charge in [0.1, 0.15) is 5.82 Å². The first-order valence-electron chi connectivity index (χ1n) is 4.87. The van der Waals surface area contributed by atoms with E-state index in [-0.39, 0.29) is 11.1 Å². The lowest BCUT2D eigenvalue weighted by molar-refractivity contribution is 0.376. The van der Waals surface area contributed by atoms with Gasteiger partial charge in [-0.05, 0) is 38.1 Å². The summed E-state index contributed by atoms with van der Waals surface area (Å²) in [6.45, 7) is 3.75. The van der Waals surface area contributed by atoms with Crippen LogP contribution in [0.15, 0.2) is 33.7 Å². The van der Waals surface area contributed by atoms with Crippen molar-refractivity contribution in [1.29, 1.82) is 0 Å². The van der Waals surface area contributed by atoms with E-state index in [2.05, 4.69) is 10.1 Å². The van der Waals surface area contributed by atoms with Gasteiger partial charge in [-0.3, -0.25) is 0 Å². The number of nitrogens with zero attached hydrogens (tertiary/aromatic N) is 2. The Morgan fingerprint density at radius 3 is 2.56 bits per heavy atom. The summed E-state index contributed by atoms with van der Waals surface area (Å²) < 4.78 is 17.8. The van der Waals surface area contributed by atoms with Gasteiger partial charge in [-0.1, -0.05) is 5.16 Å². The first kappa shape index (κ1) is 11.1. The summed E-state index contributed by atoms with van der Waals surface area (Å²) in [5.41, 5.74) is 0. The van der Waals surface area contributed by atoms with Crippen LogP contribution in [-0.2, 0) is 0 Å². The fraction of sp³-hybridized carbons (Fsp3) is 0.273. The Kier molecular flexibility index (Phi) is 3.24. The summed E-state index contributed by atoms with van der Waals surface area (Å²) >= 11 is 1.56. The maximum atomic E-state index is 12.7. The van der Waals surface area contributed by atoms with Crippen LogP contribution in [0.25, 0.3) is 0 Å². The van der Waals surface area contributed by atoms with E-state index in [0.717, 1.165) is 4.90 Å². The predicted octanol–water partition coefficient (Wildman–Crippen LogP) is 3.37. The minimum Gasteiger partial charge on any atom is -0.338 e. The van der Waals surface area contributed by atoms with Crippen molar-refractivity contribution in [2.45, 2.75) is 24.0 Å². The van der Waals surface area contributed by atoms with Gasteiger partial charge in [0.2, 0.25) is 5.89 Å². The number of hydrogen-bond donors (Lipinski definition) is 0. The van der Waals surface area contributed by atoms with Gasteiger partial charge in [0.15, 0.2) is 5.82 Å². The van der Waals surface area contributed by atoms with Crippen molar-refractivity contribution in [2.75, 3.05) is 0 Å². The molecule has 1 aromatic heterocycles. The Balaban J connectivity index is 2.07. The second-order valence-corrected chi connectivity index (χ2v) is 4.81. The smallest absolute Gasteiger partial charge is 0.239 e. The Bertz CT molecular complexity index is 469. The Morgan fingerprint density at radius 1 is 1.31 bits per heavy atom. The first-order chi connectivity index (χ1) is 7.65. The summed E-state index contributed by atoms with van der Waals surface area (Å²) in [5.74, 6) is 0.985. The molecule has 0 radical (unpaired) electrons. The highest BCUT2D eigenvalue weighted by Crippen LogP contribution is 2.33. The Hall–Kier alpha value is -1.36. The number of thioether (sulfide) groups is 1. The Morgan fingerprint density at radius 2 is 2.00 bits per heavy atom. The molecule has 0 aliphatic heterocycles. The molecule has 0 N–H and O–H groups in total. The molecule has 3 nitrogen and oxygen atoms in total. The molecular weight excluding hydrogens is 227 g/mol. The molecule has 0 fully saturated rings. The van der Waals surface area contributed by atoms with E-state index in [0.29, 0.717) is 11.7 Å². The highest BCUT2D eigenvalue weighted by atomic mass is 32.2.